The molecule has 0 bridgehead atoms. The molecule has 0 saturated carbocycles. The second-order valence-electron chi connectivity index (χ2n) is 11.9. The molecular weight excluding hydrogens is 599 g/mol. The molecule has 246 valence electrons. The van der Waals surface area contributed by atoms with E-state index in [0.717, 1.165) is 19.3 Å². The summed E-state index contributed by atoms with van der Waals surface area (Å²) in [5.74, 6) is -1.54. The first-order valence-corrected chi connectivity index (χ1v) is 16.1. The van der Waals surface area contributed by atoms with Crippen LogP contribution in [0.15, 0.2) is 12.7 Å². The van der Waals surface area contributed by atoms with Gasteiger partial charge in [0, 0.05) is 0 Å². The molecule has 0 radical (unpaired) electrons. The number of anilines is 1. The number of unbranched alkanes of at least 4 members (excludes halogenated alkanes) is 3. The van der Waals surface area contributed by atoms with Crippen molar-refractivity contribution in [2.45, 2.75) is 96.2 Å². The van der Waals surface area contributed by atoms with Crippen LogP contribution in [0.4, 0.5) is 10.6 Å². The van der Waals surface area contributed by atoms with Gasteiger partial charge in [-0.2, -0.15) is 0 Å². The molecule has 2 aromatic rings. The number of ether oxygens (including phenoxy) is 4. The van der Waals surface area contributed by atoms with Crippen molar-refractivity contribution < 1.29 is 42.1 Å². The van der Waals surface area contributed by atoms with Gasteiger partial charge in [-0.05, 0) is 54.0 Å². The maximum absolute atomic E-state index is 13.8. The van der Waals surface area contributed by atoms with Gasteiger partial charge in [0.2, 0.25) is 5.91 Å². The van der Waals surface area contributed by atoms with E-state index in [4.69, 9.17) is 39.5 Å². The Bertz CT molecular complexity index is 1350. The monoisotopic (exact) mass is 642 g/mol. The Morgan fingerprint density at radius 3 is 2.55 bits per heavy atom. The third-order valence-electron chi connectivity index (χ3n) is 6.61. The summed E-state index contributed by atoms with van der Waals surface area (Å²) in [6, 6.07) is 0. The number of nitrogens with two attached hydrogens (primary N) is 2. The van der Waals surface area contributed by atoms with Gasteiger partial charge in [0.1, 0.15) is 42.3 Å². The Kier molecular flexibility index (Phi) is 10.8. The molecule has 0 spiro atoms. The average molecular weight is 643 g/mol. The Hall–Kier alpha value is -2.92. The lowest BCUT2D eigenvalue weighted by atomic mass is 10.1. The highest BCUT2D eigenvalue weighted by Gasteiger charge is 2.56. The highest BCUT2D eigenvalue weighted by Crippen LogP contribution is 2.48. The Labute approximate surface area is 255 Å². The number of carbonyl (C=O) groups is 2. The largest absolute Gasteiger partial charge is 0.444 e. The van der Waals surface area contributed by atoms with E-state index in [2.05, 4.69) is 25.4 Å². The standard InChI is InChI=1S/C26H43N8O9P/c1-25(2,3)43-24(36)29-12-17(35)33-44(37,38-11-9-7-6-8-10-27)39-13-16-19-20(42-26(4,5)41-19)23(40-16)34-15-32-18-21(28)30-14-31-22(18)34/h14-16,19-20,23H,6-13,27H2,1-5H3,(H,29,36)(H2,28,30,31)(H,33,35,37)/t16-,19-,20-,23-,44?/m1/s1. The number of aromatic nitrogens is 4. The van der Waals surface area contributed by atoms with Crippen molar-refractivity contribution in [3.05, 3.63) is 12.7 Å². The predicted octanol–water partition coefficient (Wildman–Crippen LogP) is 2.13. The number of carbonyl (C=O) groups excluding carboxylic acids is 2. The van der Waals surface area contributed by atoms with Crippen LogP contribution in [0.2, 0.25) is 0 Å². The van der Waals surface area contributed by atoms with Crippen molar-refractivity contribution in [3.8, 4) is 0 Å². The zero-order valence-electron chi connectivity index (χ0n) is 25.7. The molecule has 17 nitrogen and oxygen atoms in total. The molecule has 2 aliphatic heterocycles. The van der Waals surface area contributed by atoms with E-state index < -0.39 is 62.2 Å². The van der Waals surface area contributed by atoms with Crippen molar-refractivity contribution in [1.82, 2.24) is 29.9 Å². The SMILES string of the molecule is CC(C)(C)OC(=O)NCC(=O)NP(=O)(OCCCCCCN)OC[C@H]1O[C@@H](n2cnc3c(N)ncnc32)[C@@H]2OC(C)(C)O[C@@H]21. The van der Waals surface area contributed by atoms with E-state index in [1.54, 1.807) is 39.2 Å². The molecule has 0 aliphatic carbocycles. The third-order valence-corrected chi connectivity index (χ3v) is 8.14. The summed E-state index contributed by atoms with van der Waals surface area (Å²) in [5.41, 5.74) is 11.6. The summed E-state index contributed by atoms with van der Waals surface area (Å²) in [4.78, 5) is 37.3. The van der Waals surface area contributed by atoms with Crippen molar-refractivity contribution in [3.63, 3.8) is 0 Å². The minimum atomic E-state index is -4.23. The molecule has 5 atom stereocenters. The second kappa shape index (κ2) is 14.0. The lowest BCUT2D eigenvalue weighted by Gasteiger charge is -2.26. The molecule has 2 fully saturated rings. The molecule has 2 aliphatic rings. The minimum absolute atomic E-state index is 0.0522. The number of amides is 2. The first-order valence-electron chi connectivity index (χ1n) is 14.5. The Morgan fingerprint density at radius 2 is 1.82 bits per heavy atom. The second-order valence-corrected chi connectivity index (χ2v) is 13.7. The maximum Gasteiger partial charge on any atom is 0.435 e. The van der Waals surface area contributed by atoms with Gasteiger partial charge >= 0.3 is 13.8 Å². The molecule has 44 heavy (non-hydrogen) atoms. The van der Waals surface area contributed by atoms with Crippen molar-refractivity contribution in [2.75, 3.05) is 32.0 Å². The normalized spacial score (nSPS) is 24.1. The van der Waals surface area contributed by atoms with Crippen LogP contribution in [0.5, 0.6) is 0 Å². The summed E-state index contributed by atoms with van der Waals surface area (Å²) in [6.45, 7) is 8.43. The number of nitrogens with zero attached hydrogens (tertiary/aromatic N) is 4. The zero-order chi connectivity index (χ0) is 32.1. The van der Waals surface area contributed by atoms with Crippen molar-refractivity contribution in [1.29, 1.82) is 0 Å². The quantitative estimate of drug-likeness (QED) is 0.171. The molecule has 2 aromatic heterocycles. The van der Waals surface area contributed by atoms with Gasteiger partial charge in [0.05, 0.1) is 19.5 Å². The lowest BCUT2D eigenvalue weighted by Crippen LogP contribution is -2.39. The van der Waals surface area contributed by atoms with Crippen molar-refractivity contribution in [2.24, 2.45) is 5.73 Å². The van der Waals surface area contributed by atoms with E-state index in [0.29, 0.717) is 24.1 Å². The van der Waals surface area contributed by atoms with Gasteiger partial charge in [0.25, 0.3) is 0 Å². The van der Waals surface area contributed by atoms with Crippen LogP contribution < -0.4 is 21.9 Å². The van der Waals surface area contributed by atoms with Crippen LogP contribution in [0, 0.1) is 0 Å². The number of hydrogen-bond acceptors (Lipinski definition) is 14. The van der Waals surface area contributed by atoms with Crippen molar-refractivity contribution >= 4 is 36.7 Å². The lowest BCUT2D eigenvalue weighted by molar-refractivity contribution is -0.199. The average Bonchev–Trinajstić information content (AvgIpc) is 3.59. The number of hydrogen-bond donors (Lipinski definition) is 4. The van der Waals surface area contributed by atoms with Crippen LogP contribution in [-0.2, 0) is 37.4 Å². The molecule has 4 heterocycles. The maximum atomic E-state index is 13.8. The Morgan fingerprint density at radius 1 is 1.09 bits per heavy atom. The molecular formula is C26H43N8O9P. The highest BCUT2D eigenvalue weighted by molar-refractivity contribution is 7.52. The fourth-order valence-corrected chi connectivity index (χ4v) is 6.09. The molecule has 0 aromatic carbocycles. The summed E-state index contributed by atoms with van der Waals surface area (Å²) >= 11 is 0. The number of fused-ring (bicyclic) bond motifs is 2. The van der Waals surface area contributed by atoms with Gasteiger partial charge in [-0.15, -0.1) is 0 Å². The number of rotatable bonds is 14. The van der Waals surface area contributed by atoms with Gasteiger partial charge in [-0.25, -0.2) is 24.3 Å². The van der Waals surface area contributed by atoms with E-state index in [9.17, 15) is 14.2 Å². The van der Waals surface area contributed by atoms with Gasteiger partial charge < -0.3 is 35.7 Å². The molecule has 2 amide bonds. The first-order chi connectivity index (χ1) is 20.7. The van der Waals surface area contributed by atoms with E-state index in [-0.39, 0.29) is 19.0 Å². The first kappa shape index (κ1) is 34.0. The summed E-state index contributed by atoms with van der Waals surface area (Å²) in [7, 11) is -4.23. The molecule has 4 rings (SSSR count). The van der Waals surface area contributed by atoms with Crippen LogP contribution >= 0.6 is 7.75 Å². The summed E-state index contributed by atoms with van der Waals surface area (Å²) in [5, 5.41) is 4.61. The zero-order valence-corrected chi connectivity index (χ0v) is 26.6. The van der Waals surface area contributed by atoms with Gasteiger partial charge in [-0.3, -0.25) is 23.5 Å². The van der Waals surface area contributed by atoms with E-state index in [1.165, 1.54) is 12.7 Å². The van der Waals surface area contributed by atoms with Gasteiger partial charge in [-0.1, -0.05) is 12.8 Å². The van der Waals surface area contributed by atoms with E-state index >= 15 is 0 Å². The molecule has 6 N–H and O–H groups in total. The van der Waals surface area contributed by atoms with Crippen LogP contribution in [-0.4, -0.2) is 87.5 Å². The molecule has 2 saturated heterocycles. The Balaban J connectivity index is 1.45. The molecule has 1 unspecified atom stereocenters. The minimum Gasteiger partial charge on any atom is -0.444 e. The third kappa shape index (κ3) is 8.84. The summed E-state index contributed by atoms with van der Waals surface area (Å²) in [6.07, 6.45) is 2.34. The van der Waals surface area contributed by atoms with Crippen LogP contribution in [0.1, 0.15) is 66.5 Å². The van der Waals surface area contributed by atoms with Crippen LogP contribution in [0.25, 0.3) is 11.2 Å². The smallest absolute Gasteiger partial charge is 0.435 e. The summed E-state index contributed by atoms with van der Waals surface area (Å²) < 4.78 is 50.5. The highest BCUT2D eigenvalue weighted by atomic mass is 31.2. The topological polar surface area (TPSA) is 226 Å². The van der Waals surface area contributed by atoms with Gasteiger partial charge in [0.15, 0.2) is 23.5 Å². The fourth-order valence-electron chi connectivity index (χ4n) is 4.79. The number of alkyl carbamates (subject to hydrolysis) is 1. The number of imidazole rings is 1. The van der Waals surface area contributed by atoms with E-state index in [1.807, 2.05) is 0 Å². The fraction of sp³-hybridized carbons (Fsp3) is 0.731. The number of nitrogens with one attached hydrogen (secondary N) is 2. The molecule has 18 heteroatoms. The predicted molar refractivity (Wildman–Crippen MR) is 157 cm³/mol. The van der Waals surface area contributed by atoms with Crippen LogP contribution in [0.3, 0.4) is 0 Å². The number of nitrogen functional groups attached to an aromatic ring is 1.